The lowest BCUT2D eigenvalue weighted by molar-refractivity contribution is 0.0700. The van der Waals surface area contributed by atoms with Gasteiger partial charge in [0.15, 0.2) is 11.5 Å². The molecule has 4 N–H and O–H groups in total. The van der Waals surface area contributed by atoms with Crippen molar-refractivity contribution < 1.29 is 19.7 Å². The van der Waals surface area contributed by atoms with Gasteiger partial charge < -0.3 is 25.1 Å². The first kappa shape index (κ1) is 14.9. The first-order chi connectivity index (χ1) is 11.1. The van der Waals surface area contributed by atoms with Crippen LogP contribution in [0.3, 0.4) is 0 Å². The molecule has 0 radical (unpaired) electrons. The summed E-state index contributed by atoms with van der Waals surface area (Å²) in [4.78, 5) is 11.8. The van der Waals surface area contributed by atoms with Crippen LogP contribution in [0.1, 0.15) is 16.1 Å². The van der Waals surface area contributed by atoms with Crippen LogP contribution in [0.4, 0.5) is 0 Å². The number of carboxylic acids is 1. The van der Waals surface area contributed by atoms with Crippen molar-refractivity contribution in [1.29, 1.82) is 0 Å². The number of rotatable bonds is 4. The lowest BCUT2D eigenvalue weighted by atomic mass is 10.00. The second kappa shape index (κ2) is 5.66. The van der Waals surface area contributed by atoms with Crippen molar-refractivity contribution in [3.63, 3.8) is 0 Å². The van der Waals surface area contributed by atoms with Crippen molar-refractivity contribution in [1.82, 2.24) is 4.40 Å². The van der Waals surface area contributed by atoms with E-state index in [0.29, 0.717) is 22.3 Å². The van der Waals surface area contributed by atoms with E-state index >= 15 is 0 Å². The zero-order valence-corrected chi connectivity index (χ0v) is 12.5. The minimum atomic E-state index is -1.03. The molecule has 0 fully saturated rings. The van der Waals surface area contributed by atoms with Crippen LogP contribution in [-0.2, 0) is 6.54 Å². The number of aromatic hydroxyl groups is 1. The smallest absolute Gasteiger partial charge is 0.338 e. The number of nitrogens with zero attached hydrogens (tertiary/aromatic N) is 1. The summed E-state index contributed by atoms with van der Waals surface area (Å²) in [6.45, 7) is 0.178. The molecule has 6 nitrogen and oxygen atoms in total. The van der Waals surface area contributed by atoms with Crippen LogP contribution in [0.5, 0.6) is 11.5 Å². The lowest BCUT2D eigenvalue weighted by Crippen LogP contribution is -2.03. The van der Waals surface area contributed by atoms with Crippen LogP contribution >= 0.6 is 0 Å². The highest BCUT2D eigenvalue weighted by molar-refractivity contribution is 6.05. The Balaban J connectivity index is 2.40. The summed E-state index contributed by atoms with van der Waals surface area (Å²) in [7, 11) is 1.44. The third-order valence-electron chi connectivity index (χ3n) is 3.82. The molecule has 0 atom stereocenters. The summed E-state index contributed by atoms with van der Waals surface area (Å²) in [5, 5.41) is 19.4. The Morgan fingerprint density at radius 3 is 2.74 bits per heavy atom. The second-order valence-corrected chi connectivity index (χ2v) is 5.05. The Labute approximate surface area is 132 Å². The maximum absolute atomic E-state index is 11.8. The quantitative estimate of drug-likeness (QED) is 0.687. The minimum absolute atomic E-state index is 0.00816. The summed E-state index contributed by atoms with van der Waals surface area (Å²) in [5.41, 5.74) is 8.47. The number of pyridine rings is 1. The maximum Gasteiger partial charge on any atom is 0.338 e. The van der Waals surface area contributed by atoms with Gasteiger partial charge in [0.1, 0.15) is 0 Å². The number of nitrogens with two attached hydrogens (primary N) is 1. The topological polar surface area (TPSA) is 97.2 Å². The highest BCUT2D eigenvalue weighted by Crippen LogP contribution is 2.37. The normalized spacial score (nSPS) is 10.9. The fraction of sp³-hybridized carbons (Fsp3) is 0.118. The predicted molar refractivity (Wildman–Crippen MR) is 85.9 cm³/mol. The first-order valence-electron chi connectivity index (χ1n) is 7.01. The van der Waals surface area contributed by atoms with Gasteiger partial charge in [-0.05, 0) is 29.8 Å². The summed E-state index contributed by atoms with van der Waals surface area (Å²) in [6, 6.07) is 10.1. The van der Waals surface area contributed by atoms with Gasteiger partial charge in [-0.2, -0.15) is 0 Å². The number of aromatic nitrogens is 1. The zero-order chi connectivity index (χ0) is 16.6. The molecule has 23 heavy (non-hydrogen) atoms. The average molecular weight is 312 g/mol. The average Bonchev–Trinajstić information content (AvgIpc) is 2.89. The van der Waals surface area contributed by atoms with Gasteiger partial charge in [0.25, 0.3) is 0 Å². The van der Waals surface area contributed by atoms with E-state index in [4.69, 9.17) is 10.5 Å². The van der Waals surface area contributed by atoms with Crippen LogP contribution < -0.4 is 10.5 Å². The summed E-state index contributed by atoms with van der Waals surface area (Å²) < 4.78 is 6.90. The Morgan fingerprint density at radius 1 is 1.30 bits per heavy atom. The molecule has 118 valence electrons. The van der Waals surface area contributed by atoms with Crippen LogP contribution in [0, 0.1) is 0 Å². The van der Waals surface area contributed by atoms with Gasteiger partial charge in [-0.25, -0.2) is 4.79 Å². The van der Waals surface area contributed by atoms with Crippen molar-refractivity contribution >= 4 is 11.5 Å². The van der Waals surface area contributed by atoms with Gasteiger partial charge >= 0.3 is 5.97 Å². The molecule has 0 amide bonds. The van der Waals surface area contributed by atoms with E-state index < -0.39 is 5.97 Å². The van der Waals surface area contributed by atoms with E-state index in [1.54, 1.807) is 34.9 Å². The van der Waals surface area contributed by atoms with Crippen molar-refractivity contribution in [2.45, 2.75) is 6.54 Å². The molecular formula is C17H16N2O4. The van der Waals surface area contributed by atoms with E-state index in [2.05, 4.69) is 0 Å². The zero-order valence-electron chi connectivity index (χ0n) is 12.5. The minimum Gasteiger partial charge on any atom is -0.504 e. The molecule has 0 spiro atoms. The summed E-state index contributed by atoms with van der Waals surface area (Å²) in [6.07, 6.45) is 1.78. The van der Waals surface area contributed by atoms with Gasteiger partial charge in [0.2, 0.25) is 0 Å². The number of benzene rings is 1. The number of aromatic carboxylic acids is 1. The highest BCUT2D eigenvalue weighted by Gasteiger charge is 2.23. The van der Waals surface area contributed by atoms with Crippen molar-refractivity contribution in [3.05, 3.63) is 53.9 Å². The standard InChI is InChI=1S/C17H16N2O4/c1-23-14-8-10(5-6-13(14)20)15-12(9-18)19-7-3-2-4-11(19)16(15)17(21)22/h2-8,20H,9,18H2,1H3,(H,21,22). The van der Waals surface area contributed by atoms with Crippen molar-refractivity contribution in [2.75, 3.05) is 7.11 Å². The van der Waals surface area contributed by atoms with Crippen molar-refractivity contribution in [3.8, 4) is 22.6 Å². The fourth-order valence-electron chi connectivity index (χ4n) is 2.84. The second-order valence-electron chi connectivity index (χ2n) is 5.05. The van der Waals surface area contributed by atoms with Gasteiger partial charge in [-0.1, -0.05) is 12.1 Å². The van der Waals surface area contributed by atoms with Gasteiger partial charge in [0, 0.05) is 24.0 Å². The molecule has 1 aromatic carbocycles. The van der Waals surface area contributed by atoms with E-state index in [9.17, 15) is 15.0 Å². The molecule has 3 aromatic rings. The number of carboxylic acid groups (broad SMARTS) is 1. The maximum atomic E-state index is 11.8. The van der Waals surface area contributed by atoms with Crippen LogP contribution in [0.15, 0.2) is 42.6 Å². The summed E-state index contributed by atoms with van der Waals surface area (Å²) in [5.74, 6) is -0.765. The molecule has 0 saturated heterocycles. The van der Waals surface area contributed by atoms with Gasteiger partial charge in [-0.3, -0.25) is 0 Å². The molecule has 2 aromatic heterocycles. The summed E-state index contributed by atoms with van der Waals surface area (Å²) >= 11 is 0. The van der Waals surface area contributed by atoms with E-state index in [1.165, 1.54) is 13.2 Å². The molecule has 6 heteroatoms. The van der Waals surface area contributed by atoms with Crippen LogP contribution in [-0.4, -0.2) is 27.7 Å². The lowest BCUT2D eigenvalue weighted by Gasteiger charge is -2.09. The number of ether oxygens (including phenoxy) is 1. The number of carbonyl (C=O) groups is 1. The number of phenolic OH excluding ortho intramolecular Hbond substituents is 1. The molecule has 0 aliphatic carbocycles. The third kappa shape index (κ3) is 2.29. The number of phenols is 1. The molecule has 0 unspecified atom stereocenters. The molecule has 0 aliphatic rings. The molecule has 3 rings (SSSR count). The number of fused-ring (bicyclic) bond motifs is 1. The molecule has 2 heterocycles. The molecule has 0 bridgehead atoms. The van der Waals surface area contributed by atoms with Crippen molar-refractivity contribution in [2.24, 2.45) is 5.73 Å². The number of methoxy groups -OCH3 is 1. The third-order valence-corrected chi connectivity index (χ3v) is 3.82. The Kier molecular flexibility index (Phi) is 3.67. The van der Waals surface area contributed by atoms with Crippen LogP contribution in [0.2, 0.25) is 0 Å². The first-order valence-corrected chi connectivity index (χ1v) is 7.01. The predicted octanol–water partition coefficient (Wildman–Crippen LogP) is 2.48. The molecular weight excluding hydrogens is 296 g/mol. The highest BCUT2D eigenvalue weighted by atomic mass is 16.5. The molecule has 0 aliphatic heterocycles. The SMILES string of the molecule is COc1cc(-c2c(C(=O)O)c3ccccn3c2CN)ccc1O. The largest absolute Gasteiger partial charge is 0.504 e. The van der Waals surface area contributed by atoms with Crippen LogP contribution in [0.25, 0.3) is 16.6 Å². The Morgan fingerprint density at radius 2 is 2.09 bits per heavy atom. The molecule has 0 saturated carbocycles. The Hall–Kier alpha value is -2.99. The number of hydrogen-bond donors (Lipinski definition) is 3. The fourth-order valence-corrected chi connectivity index (χ4v) is 2.84. The van der Waals surface area contributed by atoms with Gasteiger partial charge in [0.05, 0.1) is 18.2 Å². The van der Waals surface area contributed by atoms with E-state index in [0.717, 1.165) is 0 Å². The monoisotopic (exact) mass is 312 g/mol. The van der Waals surface area contributed by atoms with Gasteiger partial charge in [-0.15, -0.1) is 0 Å². The van der Waals surface area contributed by atoms with E-state index in [-0.39, 0.29) is 23.6 Å². The number of hydrogen-bond acceptors (Lipinski definition) is 4. The Bertz CT molecular complexity index is 899. The van der Waals surface area contributed by atoms with E-state index in [1.807, 2.05) is 6.07 Å².